The molecule has 0 fully saturated rings. The van der Waals surface area contributed by atoms with Crippen molar-refractivity contribution < 1.29 is 4.79 Å². The summed E-state index contributed by atoms with van der Waals surface area (Å²) in [6, 6.07) is 19.6. The summed E-state index contributed by atoms with van der Waals surface area (Å²) < 4.78 is 3.19. The number of anilines is 1. The third kappa shape index (κ3) is 3.75. The van der Waals surface area contributed by atoms with E-state index in [1.54, 1.807) is 4.57 Å². The van der Waals surface area contributed by atoms with Crippen LogP contribution in [0.2, 0.25) is 0 Å². The Kier molecular flexibility index (Phi) is 5.24. The maximum absolute atomic E-state index is 13.6. The Morgan fingerprint density at radius 1 is 0.882 bits per heavy atom. The van der Waals surface area contributed by atoms with Gasteiger partial charge in [-0.2, -0.15) is 4.98 Å². The highest BCUT2D eigenvalue weighted by atomic mass is 16.2. The third-order valence-electron chi connectivity index (χ3n) is 6.13. The maximum Gasteiger partial charge on any atom is 0.296 e. The van der Waals surface area contributed by atoms with E-state index < -0.39 is 5.91 Å². The van der Waals surface area contributed by atoms with Crippen molar-refractivity contribution in [1.29, 1.82) is 0 Å². The lowest BCUT2D eigenvalue weighted by Gasteiger charge is -2.13. The third-order valence-corrected chi connectivity index (χ3v) is 6.13. The average Bonchev–Trinajstić information content (AvgIpc) is 3.26. The van der Waals surface area contributed by atoms with Crippen LogP contribution >= 0.6 is 0 Å². The molecule has 1 N–H and O–H groups in total. The molecule has 2 aromatic heterocycles. The number of benzene rings is 3. The summed E-state index contributed by atoms with van der Waals surface area (Å²) in [6.45, 7) is 8.30. The normalized spacial score (nSPS) is 11.3. The summed E-state index contributed by atoms with van der Waals surface area (Å²) in [5, 5.41) is 7.31. The van der Waals surface area contributed by atoms with Gasteiger partial charge in [0.05, 0.1) is 17.6 Å². The van der Waals surface area contributed by atoms with Gasteiger partial charge < -0.3 is 5.32 Å². The van der Waals surface area contributed by atoms with Crippen LogP contribution in [-0.2, 0) is 6.54 Å². The van der Waals surface area contributed by atoms with Crippen molar-refractivity contribution in [3.8, 4) is 0 Å². The molecule has 0 saturated carbocycles. The molecule has 170 valence electrons. The zero-order valence-corrected chi connectivity index (χ0v) is 19.6. The lowest BCUT2D eigenvalue weighted by molar-refractivity contribution is 0.101. The number of carbonyl (C=O) groups excluding carboxylic acids is 1. The minimum Gasteiger partial charge on any atom is -0.319 e. The van der Waals surface area contributed by atoms with E-state index in [2.05, 4.69) is 15.4 Å². The largest absolute Gasteiger partial charge is 0.319 e. The fourth-order valence-corrected chi connectivity index (χ4v) is 4.14. The van der Waals surface area contributed by atoms with Crippen LogP contribution in [-0.4, -0.2) is 25.1 Å². The van der Waals surface area contributed by atoms with E-state index in [0.29, 0.717) is 17.7 Å². The van der Waals surface area contributed by atoms with E-state index in [0.717, 1.165) is 33.3 Å². The number of nitrogens with zero attached hydrogens (tertiary/aromatic N) is 4. The molecule has 7 nitrogen and oxygen atoms in total. The van der Waals surface area contributed by atoms with Crippen LogP contribution in [0.3, 0.4) is 0 Å². The molecule has 5 aromatic rings. The number of aromatic nitrogens is 4. The molecule has 0 aliphatic carbocycles. The molecule has 0 unspecified atom stereocenters. The van der Waals surface area contributed by atoms with E-state index in [-0.39, 0.29) is 17.0 Å². The summed E-state index contributed by atoms with van der Waals surface area (Å²) in [6.07, 6.45) is 0. The summed E-state index contributed by atoms with van der Waals surface area (Å²) in [4.78, 5) is 30.9. The minimum atomic E-state index is -0.456. The topological polar surface area (TPSA) is 81.3 Å². The molecule has 0 aliphatic heterocycles. The van der Waals surface area contributed by atoms with Crippen LogP contribution in [0.4, 0.5) is 5.69 Å². The van der Waals surface area contributed by atoms with E-state index in [1.807, 2.05) is 88.4 Å². The molecule has 0 saturated heterocycles. The van der Waals surface area contributed by atoms with Gasteiger partial charge in [0.15, 0.2) is 0 Å². The monoisotopic (exact) mass is 451 g/mol. The lowest BCUT2D eigenvalue weighted by Crippen LogP contribution is -2.24. The number of carbonyl (C=O) groups is 1. The molecule has 7 heteroatoms. The van der Waals surface area contributed by atoms with Gasteiger partial charge >= 0.3 is 0 Å². The predicted molar refractivity (Wildman–Crippen MR) is 134 cm³/mol. The number of fused-ring (bicyclic) bond motifs is 3. The molecule has 0 radical (unpaired) electrons. The minimum absolute atomic E-state index is 0.0477. The highest BCUT2D eigenvalue weighted by Gasteiger charge is 2.20. The van der Waals surface area contributed by atoms with Crippen molar-refractivity contribution >= 4 is 28.3 Å². The second-order valence-electron chi connectivity index (χ2n) is 8.75. The zero-order valence-electron chi connectivity index (χ0n) is 19.6. The fraction of sp³-hybridized carbons (Fsp3) is 0.185. The van der Waals surface area contributed by atoms with Gasteiger partial charge in [0.1, 0.15) is 0 Å². The molecule has 1 amide bonds. The van der Waals surface area contributed by atoms with Crippen LogP contribution < -0.4 is 10.9 Å². The highest BCUT2D eigenvalue weighted by molar-refractivity contribution is 6.02. The van der Waals surface area contributed by atoms with Crippen LogP contribution in [0.15, 0.2) is 65.5 Å². The second kappa shape index (κ2) is 8.26. The Hall–Kier alpha value is -4.26. The number of nitrogens with one attached hydrogen (secondary N) is 1. The fourth-order valence-electron chi connectivity index (χ4n) is 4.14. The van der Waals surface area contributed by atoms with Crippen molar-refractivity contribution in [2.75, 3.05) is 5.32 Å². The SMILES string of the molecule is Cc1ccc(C)c(NC(=O)c2nc3c(=O)n(Cc4ccccc4C)c4cc(C)ccc4n3n2)c1. The molecule has 0 bridgehead atoms. The summed E-state index contributed by atoms with van der Waals surface area (Å²) >= 11 is 0. The molecule has 2 heterocycles. The van der Waals surface area contributed by atoms with E-state index in [9.17, 15) is 9.59 Å². The first-order chi connectivity index (χ1) is 16.3. The zero-order chi connectivity index (χ0) is 24.0. The molecule has 0 aliphatic rings. The number of aryl methyl sites for hydroxylation is 4. The summed E-state index contributed by atoms with van der Waals surface area (Å²) in [5.41, 5.74) is 7.12. The highest BCUT2D eigenvalue weighted by Crippen LogP contribution is 2.20. The standard InChI is InChI=1S/C27H25N5O2/c1-16-9-11-19(4)21(13-16)28-26(33)24-29-25-27(34)31(15-20-8-6-5-7-18(20)3)23-14-17(2)10-12-22(23)32(25)30-24/h5-14H,15H2,1-4H3,(H,28,33). The summed E-state index contributed by atoms with van der Waals surface area (Å²) in [7, 11) is 0. The van der Waals surface area contributed by atoms with E-state index in [4.69, 9.17) is 0 Å². The van der Waals surface area contributed by atoms with Crippen molar-refractivity contribution in [3.05, 3.63) is 105 Å². The van der Waals surface area contributed by atoms with Crippen LogP contribution in [0.25, 0.3) is 16.7 Å². The Bertz CT molecular complexity index is 1650. The first kappa shape index (κ1) is 21.6. The number of hydrogen-bond acceptors (Lipinski definition) is 4. The van der Waals surface area contributed by atoms with Gasteiger partial charge in [-0.25, -0.2) is 4.52 Å². The predicted octanol–water partition coefficient (Wildman–Crippen LogP) is 4.58. The Balaban J connectivity index is 1.66. The van der Waals surface area contributed by atoms with Crippen molar-refractivity contribution in [2.24, 2.45) is 0 Å². The van der Waals surface area contributed by atoms with Crippen LogP contribution in [0.5, 0.6) is 0 Å². The first-order valence-electron chi connectivity index (χ1n) is 11.1. The van der Waals surface area contributed by atoms with Crippen LogP contribution in [0.1, 0.15) is 38.4 Å². The second-order valence-corrected chi connectivity index (χ2v) is 8.75. The van der Waals surface area contributed by atoms with Crippen molar-refractivity contribution in [3.63, 3.8) is 0 Å². The van der Waals surface area contributed by atoms with Gasteiger partial charge in [-0.3, -0.25) is 14.2 Å². The van der Waals surface area contributed by atoms with Crippen molar-refractivity contribution in [2.45, 2.75) is 34.2 Å². The van der Waals surface area contributed by atoms with Gasteiger partial charge in [-0.15, -0.1) is 5.10 Å². The number of amides is 1. The van der Waals surface area contributed by atoms with Crippen LogP contribution in [0, 0.1) is 27.7 Å². The molecular weight excluding hydrogens is 426 g/mol. The maximum atomic E-state index is 13.6. The lowest BCUT2D eigenvalue weighted by atomic mass is 10.1. The Morgan fingerprint density at radius 2 is 1.62 bits per heavy atom. The molecule has 0 spiro atoms. The average molecular weight is 452 g/mol. The number of rotatable bonds is 4. The molecular formula is C27H25N5O2. The molecule has 34 heavy (non-hydrogen) atoms. The van der Waals surface area contributed by atoms with Gasteiger partial charge in [0.25, 0.3) is 11.5 Å². The van der Waals surface area contributed by atoms with E-state index in [1.165, 1.54) is 4.52 Å². The quantitative estimate of drug-likeness (QED) is 0.434. The smallest absolute Gasteiger partial charge is 0.296 e. The van der Waals surface area contributed by atoms with Gasteiger partial charge in [-0.05, 0) is 73.7 Å². The van der Waals surface area contributed by atoms with Crippen molar-refractivity contribution in [1.82, 2.24) is 19.2 Å². The summed E-state index contributed by atoms with van der Waals surface area (Å²) in [5.74, 6) is -0.504. The Labute approximate surface area is 196 Å². The first-order valence-corrected chi connectivity index (χ1v) is 11.1. The van der Waals surface area contributed by atoms with Gasteiger partial charge in [0, 0.05) is 5.69 Å². The molecule has 3 aromatic carbocycles. The molecule has 5 rings (SSSR count). The van der Waals surface area contributed by atoms with Gasteiger partial charge in [-0.1, -0.05) is 42.5 Å². The Morgan fingerprint density at radius 3 is 2.41 bits per heavy atom. The molecule has 0 atom stereocenters. The van der Waals surface area contributed by atoms with E-state index >= 15 is 0 Å². The number of hydrogen-bond donors (Lipinski definition) is 1. The van der Waals surface area contributed by atoms with Gasteiger partial charge in [0.2, 0.25) is 11.5 Å².